The van der Waals surface area contributed by atoms with E-state index in [2.05, 4.69) is 46.0 Å². The summed E-state index contributed by atoms with van der Waals surface area (Å²) in [5.74, 6) is 2.73. The van der Waals surface area contributed by atoms with Gasteiger partial charge in [0.2, 0.25) is 0 Å². The Hall–Kier alpha value is -2.89. The van der Waals surface area contributed by atoms with Crippen molar-refractivity contribution in [3.8, 4) is 11.5 Å². The molecule has 5 nitrogen and oxygen atoms in total. The summed E-state index contributed by atoms with van der Waals surface area (Å²) < 4.78 is 11.9. The lowest BCUT2D eigenvalue weighted by atomic mass is 10.2. The minimum atomic E-state index is 0. The zero-order valence-corrected chi connectivity index (χ0v) is 16.8. The molecular weight excluding hydrogens is 374 g/mol. The summed E-state index contributed by atoms with van der Waals surface area (Å²) in [5.41, 5.74) is 2.34. The molecule has 0 radical (unpaired) electrons. The minimum Gasteiger partial charge on any atom is -0.457 e. The van der Waals surface area contributed by atoms with Crippen LogP contribution in [0.15, 0.2) is 72.9 Å². The van der Waals surface area contributed by atoms with Gasteiger partial charge in [0.15, 0.2) is 0 Å². The average Bonchev–Trinajstić information content (AvgIpc) is 2.77. The summed E-state index contributed by atoms with van der Waals surface area (Å²) in [6.45, 7) is 7.19. The summed E-state index contributed by atoms with van der Waals surface area (Å²) in [7, 11) is 0. The number of nitrogens with zero attached hydrogens (tertiary/aromatic N) is 3. The largest absolute Gasteiger partial charge is 0.457 e. The first-order chi connectivity index (χ1) is 14.3. The highest BCUT2D eigenvalue weighted by Gasteiger charge is 2.17. The van der Waals surface area contributed by atoms with Crippen LogP contribution in [0.4, 0.5) is 5.82 Å². The fraction of sp³-hybridized carbons (Fsp3) is 0.320. The third kappa shape index (κ3) is 6.05. The Morgan fingerprint density at radius 2 is 1.67 bits per heavy atom. The molecule has 2 heterocycles. The highest BCUT2D eigenvalue weighted by atomic mass is 16.5. The molecule has 3 aromatic rings. The molecule has 0 saturated carbocycles. The van der Waals surface area contributed by atoms with Gasteiger partial charge < -0.3 is 14.4 Å². The molecule has 0 amide bonds. The van der Waals surface area contributed by atoms with Crippen molar-refractivity contribution in [3.05, 3.63) is 84.1 Å². The molecule has 158 valence electrons. The monoisotopic (exact) mass is 405 g/mol. The van der Waals surface area contributed by atoms with Gasteiger partial charge in [-0.2, -0.15) is 0 Å². The maximum atomic E-state index is 5.96. The number of pyridine rings is 1. The molecule has 0 aliphatic carbocycles. The second-order valence-corrected chi connectivity index (χ2v) is 7.33. The van der Waals surface area contributed by atoms with Crippen molar-refractivity contribution >= 4 is 5.82 Å². The molecule has 5 heteroatoms. The minimum absolute atomic E-state index is 0. The Balaban J connectivity index is 0.00000256. The predicted octanol–water partition coefficient (Wildman–Crippen LogP) is 5.11. The van der Waals surface area contributed by atoms with Crippen LogP contribution in [0.3, 0.4) is 0 Å². The summed E-state index contributed by atoms with van der Waals surface area (Å²) in [5, 5.41) is 0. The molecule has 2 aromatic carbocycles. The summed E-state index contributed by atoms with van der Waals surface area (Å²) in [6, 6.07) is 22.2. The third-order valence-corrected chi connectivity index (χ3v) is 5.04. The molecule has 0 bridgehead atoms. The Kier molecular flexibility index (Phi) is 7.82. The molecule has 1 saturated heterocycles. The maximum absolute atomic E-state index is 5.96. The van der Waals surface area contributed by atoms with E-state index in [9.17, 15) is 0 Å². The van der Waals surface area contributed by atoms with Gasteiger partial charge in [-0.1, -0.05) is 43.3 Å². The first-order valence-corrected chi connectivity index (χ1v) is 10.1. The van der Waals surface area contributed by atoms with Crippen LogP contribution >= 0.6 is 0 Å². The number of ether oxygens (including phenoxy) is 2. The number of piperazine rings is 1. The quantitative estimate of drug-likeness (QED) is 0.546. The molecule has 0 atom stereocenters. The predicted molar refractivity (Wildman–Crippen MR) is 122 cm³/mol. The molecule has 1 aromatic heterocycles. The van der Waals surface area contributed by atoms with Gasteiger partial charge in [-0.3, -0.25) is 4.90 Å². The van der Waals surface area contributed by atoms with Gasteiger partial charge in [-0.15, -0.1) is 0 Å². The standard InChI is InChI=1S/C24H27N3O2.CH4/c1-20-8-10-22(11-9-20)29-23-6-4-5-21(17-23)18-28-19-26-13-15-27(16-14-26)24-7-2-3-12-25-24;/h2-12,17H,13-16,18-19H2,1H3;1H4. The van der Waals surface area contributed by atoms with E-state index in [-0.39, 0.29) is 7.43 Å². The van der Waals surface area contributed by atoms with Crippen molar-refractivity contribution < 1.29 is 9.47 Å². The van der Waals surface area contributed by atoms with Crippen LogP contribution in [0.25, 0.3) is 0 Å². The van der Waals surface area contributed by atoms with Crippen LogP contribution in [-0.2, 0) is 11.3 Å². The SMILES string of the molecule is C.Cc1ccc(Oc2cccc(COCN3CCN(c4ccccn4)CC3)c2)cc1. The van der Waals surface area contributed by atoms with E-state index >= 15 is 0 Å². The lowest BCUT2D eigenvalue weighted by Crippen LogP contribution is -2.47. The van der Waals surface area contributed by atoms with Crippen LogP contribution in [0.2, 0.25) is 0 Å². The van der Waals surface area contributed by atoms with Crippen molar-refractivity contribution in [3.63, 3.8) is 0 Å². The van der Waals surface area contributed by atoms with E-state index in [4.69, 9.17) is 9.47 Å². The fourth-order valence-corrected chi connectivity index (χ4v) is 3.38. The highest BCUT2D eigenvalue weighted by Crippen LogP contribution is 2.23. The molecular formula is C25H31N3O2. The Bertz CT molecular complexity index is 892. The van der Waals surface area contributed by atoms with E-state index in [0.29, 0.717) is 13.3 Å². The molecule has 1 aliphatic heterocycles. The van der Waals surface area contributed by atoms with E-state index in [1.54, 1.807) is 0 Å². The first-order valence-electron chi connectivity index (χ1n) is 10.1. The average molecular weight is 406 g/mol. The summed E-state index contributed by atoms with van der Waals surface area (Å²) >= 11 is 0. The number of anilines is 1. The normalized spacial score (nSPS) is 14.2. The van der Waals surface area contributed by atoms with Gasteiger partial charge in [-0.05, 0) is 48.9 Å². The van der Waals surface area contributed by atoms with Gasteiger partial charge in [0, 0.05) is 32.4 Å². The van der Waals surface area contributed by atoms with E-state index < -0.39 is 0 Å². The molecule has 1 fully saturated rings. The Morgan fingerprint density at radius 1 is 0.867 bits per heavy atom. The van der Waals surface area contributed by atoms with Gasteiger partial charge in [-0.25, -0.2) is 4.98 Å². The van der Waals surface area contributed by atoms with Crippen molar-refractivity contribution in [2.45, 2.75) is 21.0 Å². The topological polar surface area (TPSA) is 37.8 Å². The molecule has 4 rings (SSSR count). The van der Waals surface area contributed by atoms with Crippen molar-refractivity contribution in [1.82, 2.24) is 9.88 Å². The second-order valence-electron chi connectivity index (χ2n) is 7.33. The number of aromatic nitrogens is 1. The van der Waals surface area contributed by atoms with Gasteiger partial charge in [0.25, 0.3) is 0 Å². The number of rotatable bonds is 7. The summed E-state index contributed by atoms with van der Waals surface area (Å²) in [4.78, 5) is 9.10. The van der Waals surface area contributed by atoms with Crippen molar-refractivity contribution in [2.24, 2.45) is 0 Å². The number of hydrogen-bond acceptors (Lipinski definition) is 5. The Morgan fingerprint density at radius 3 is 2.40 bits per heavy atom. The lowest BCUT2D eigenvalue weighted by molar-refractivity contribution is 0.0160. The summed E-state index contributed by atoms with van der Waals surface area (Å²) in [6.07, 6.45) is 1.85. The third-order valence-electron chi connectivity index (χ3n) is 5.04. The molecule has 0 spiro atoms. The molecule has 30 heavy (non-hydrogen) atoms. The van der Waals surface area contributed by atoms with E-state index in [0.717, 1.165) is 49.1 Å². The van der Waals surface area contributed by atoms with Crippen LogP contribution in [0.5, 0.6) is 11.5 Å². The van der Waals surface area contributed by atoms with Gasteiger partial charge in [0.05, 0.1) is 13.3 Å². The number of hydrogen-bond donors (Lipinski definition) is 0. The maximum Gasteiger partial charge on any atom is 0.128 e. The van der Waals surface area contributed by atoms with Crippen molar-refractivity contribution in [2.75, 3.05) is 37.8 Å². The first kappa shape index (κ1) is 21.8. The fourth-order valence-electron chi connectivity index (χ4n) is 3.38. The second kappa shape index (κ2) is 10.8. The Labute approximate surface area is 179 Å². The number of benzene rings is 2. The van der Waals surface area contributed by atoms with E-state index in [1.807, 2.05) is 48.7 Å². The zero-order chi connectivity index (χ0) is 19.9. The van der Waals surface area contributed by atoms with E-state index in [1.165, 1.54) is 5.56 Å². The van der Waals surface area contributed by atoms with Crippen molar-refractivity contribution in [1.29, 1.82) is 0 Å². The zero-order valence-electron chi connectivity index (χ0n) is 16.8. The number of aryl methyl sites for hydroxylation is 1. The van der Waals surface area contributed by atoms with Gasteiger partial charge in [0.1, 0.15) is 17.3 Å². The van der Waals surface area contributed by atoms with Crippen LogP contribution < -0.4 is 9.64 Å². The van der Waals surface area contributed by atoms with Crippen LogP contribution in [0.1, 0.15) is 18.6 Å². The van der Waals surface area contributed by atoms with Crippen LogP contribution in [-0.4, -0.2) is 42.8 Å². The molecule has 1 aliphatic rings. The van der Waals surface area contributed by atoms with Crippen LogP contribution in [0, 0.1) is 6.92 Å². The highest BCUT2D eigenvalue weighted by molar-refractivity contribution is 5.38. The van der Waals surface area contributed by atoms with Gasteiger partial charge >= 0.3 is 0 Å². The lowest BCUT2D eigenvalue weighted by Gasteiger charge is -2.35. The molecule has 0 N–H and O–H groups in total. The smallest absolute Gasteiger partial charge is 0.128 e. The molecule has 0 unspecified atom stereocenters.